The van der Waals surface area contributed by atoms with Gasteiger partial charge in [0.1, 0.15) is 5.76 Å². The molecule has 1 atom stereocenters. The minimum Gasteiger partial charge on any atom is -0.444 e. The summed E-state index contributed by atoms with van der Waals surface area (Å²) in [6.45, 7) is 5.60. The Morgan fingerprint density at radius 2 is 2.37 bits per heavy atom. The molecule has 0 bridgehead atoms. The molecule has 0 aromatic carbocycles. The van der Waals surface area contributed by atoms with Gasteiger partial charge >= 0.3 is 0 Å². The summed E-state index contributed by atoms with van der Waals surface area (Å²) in [6, 6.07) is 0.217. The Balaban J connectivity index is 1.72. The van der Waals surface area contributed by atoms with Crippen molar-refractivity contribution in [2.75, 3.05) is 6.54 Å². The van der Waals surface area contributed by atoms with Gasteiger partial charge in [0.15, 0.2) is 5.82 Å². The van der Waals surface area contributed by atoms with Crippen molar-refractivity contribution in [3.8, 4) is 0 Å². The molecule has 6 nitrogen and oxygen atoms in total. The van der Waals surface area contributed by atoms with E-state index in [1.165, 1.54) is 0 Å². The third-order valence-electron chi connectivity index (χ3n) is 3.49. The predicted molar refractivity (Wildman–Crippen MR) is 67.3 cm³/mol. The van der Waals surface area contributed by atoms with E-state index >= 15 is 0 Å². The van der Waals surface area contributed by atoms with E-state index in [9.17, 15) is 0 Å². The molecule has 1 saturated heterocycles. The van der Waals surface area contributed by atoms with Crippen molar-refractivity contribution in [1.29, 1.82) is 0 Å². The maximum Gasteiger partial charge on any atom is 0.223 e. The van der Waals surface area contributed by atoms with Gasteiger partial charge in [0.2, 0.25) is 11.8 Å². The highest BCUT2D eigenvalue weighted by Crippen LogP contribution is 2.31. The van der Waals surface area contributed by atoms with E-state index < -0.39 is 0 Å². The summed E-state index contributed by atoms with van der Waals surface area (Å²) in [7, 11) is 0. The summed E-state index contributed by atoms with van der Waals surface area (Å²) in [4.78, 5) is 10.9. The normalized spacial score (nSPS) is 20.2. The highest BCUT2D eigenvalue weighted by atomic mass is 16.5. The lowest BCUT2D eigenvalue weighted by molar-refractivity contribution is 0.210. The average molecular weight is 262 g/mol. The van der Waals surface area contributed by atoms with Crippen molar-refractivity contribution in [2.45, 2.75) is 45.7 Å². The number of likely N-dealkylation sites (tertiary alicyclic amines) is 1. The zero-order valence-electron chi connectivity index (χ0n) is 11.3. The van der Waals surface area contributed by atoms with Crippen LogP contribution in [0.3, 0.4) is 0 Å². The van der Waals surface area contributed by atoms with E-state index in [2.05, 4.69) is 26.9 Å². The molecular formula is C13H18N4O2. The van der Waals surface area contributed by atoms with Gasteiger partial charge in [0.05, 0.1) is 18.8 Å². The number of aromatic nitrogens is 3. The largest absolute Gasteiger partial charge is 0.444 e. The Morgan fingerprint density at radius 3 is 3.05 bits per heavy atom. The van der Waals surface area contributed by atoms with Crippen molar-refractivity contribution in [3.05, 3.63) is 29.6 Å². The van der Waals surface area contributed by atoms with Crippen LogP contribution >= 0.6 is 0 Å². The highest BCUT2D eigenvalue weighted by Gasteiger charge is 2.30. The molecule has 0 amide bonds. The number of hydrogen-bond acceptors (Lipinski definition) is 6. The molecule has 102 valence electrons. The number of aryl methyl sites for hydroxylation is 2. The van der Waals surface area contributed by atoms with Crippen LogP contribution in [0.2, 0.25) is 0 Å². The molecule has 19 heavy (non-hydrogen) atoms. The van der Waals surface area contributed by atoms with E-state index in [0.29, 0.717) is 12.4 Å². The van der Waals surface area contributed by atoms with Crippen LogP contribution in [0.1, 0.15) is 49.2 Å². The van der Waals surface area contributed by atoms with Crippen LogP contribution in [-0.4, -0.2) is 26.6 Å². The van der Waals surface area contributed by atoms with Gasteiger partial charge in [-0.2, -0.15) is 4.98 Å². The van der Waals surface area contributed by atoms with Gasteiger partial charge in [-0.05, 0) is 19.4 Å². The minimum absolute atomic E-state index is 0.217. The van der Waals surface area contributed by atoms with Gasteiger partial charge in [-0.15, -0.1) is 0 Å². The monoisotopic (exact) mass is 262 g/mol. The molecule has 1 aliphatic rings. The maximum absolute atomic E-state index is 5.67. The predicted octanol–water partition coefficient (Wildman–Crippen LogP) is 2.27. The van der Waals surface area contributed by atoms with Crippen LogP contribution in [0.25, 0.3) is 0 Å². The summed E-state index contributed by atoms with van der Waals surface area (Å²) >= 11 is 0. The van der Waals surface area contributed by atoms with Crippen LogP contribution in [-0.2, 0) is 13.0 Å². The number of oxazole rings is 1. The molecule has 3 heterocycles. The molecule has 0 N–H and O–H groups in total. The van der Waals surface area contributed by atoms with Crippen LogP contribution in [0.4, 0.5) is 0 Å². The molecular weight excluding hydrogens is 244 g/mol. The minimum atomic E-state index is 0.217. The first-order valence-corrected chi connectivity index (χ1v) is 6.74. The Hall–Kier alpha value is -1.69. The van der Waals surface area contributed by atoms with Crippen molar-refractivity contribution in [1.82, 2.24) is 20.0 Å². The fraction of sp³-hybridized carbons (Fsp3) is 0.615. The lowest BCUT2D eigenvalue weighted by Gasteiger charge is -2.19. The van der Waals surface area contributed by atoms with Gasteiger partial charge in [0, 0.05) is 13.3 Å². The fourth-order valence-corrected chi connectivity index (χ4v) is 2.52. The van der Waals surface area contributed by atoms with Crippen LogP contribution in [0.15, 0.2) is 15.1 Å². The lowest BCUT2D eigenvalue weighted by Crippen LogP contribution is -2.23. The first-order chi connectivity index (χ1) is 9.26. The standard InChI is InChI=1S/C13H18N4O2/c1-3-10-7-14-12(18-10)8-17-6-4-5-11(17)13-15-9(2)19-16-13/h7,11H,3-6,8H2,1-2H3/t11-/m1/s1. The molecule has 1 fully saturated rings. The van der Waals surface area contributed by atoms with Crippen molar-refractivity contribution < 1.29 is 8.94 Å². The molecule has 6 heteroatoms. The third-order valence-corrected chi connectivity index (χ3v) is 3.49. The first-order valence-electron chi connectivity index (χ1n) is 6.74. The molecule has 0 unspecified atom stereocenters. The van der Waals surface area contributed by atoms with E-state index in [1.807, 2.05) is 6.92 Å². The number of hydrogen-bond donors (Lipinski definition) is 0. The lowest BCUT2D eigenvalue weighted by atomic mass is 10.2. The summed E-state index contributed by atoms with van der Waals surface area (Å²) in [6.07, 6.45) is 4.87. The summed E-state index contributed by atoms with van der Waals surface area (Å²) < 4.78 is 10.7. The smallest absolute Gasteiger partial charge is 0.223 e. The van der Waals surface area contributed by atoms with Gasteiger partial charge in [-0.25, -0.2) is 4.98 Å². The first kappa shape index (κ1) is 12.3. The maximum atomic E-state index is 5.67. The van der Waals surface area contributed by atoms with Gasteiger partial charge in [-0.1, -0.05) is 12.1 Å². The van der Waals surface area contributed by atoms with Crippen LogP contribution < -0.4 is 0 Å². The third kappa shape index (κ3) is 2.53. The van der Waals surface area contributed by atoms with Gasteiger partial charge in [-0.3, -0.25) is 4.90 Å². The van der Waals surface area contributed by atoms with E-state index in [1.54, 1.807) is 6.20 Å². The van der Waals surface area contributed by atoms with E-state index in [4.69, 9.17) is 8.94 Å². The Kier molecular flexibility index (Phi) is 3.33. The van der Waals surface area contributed by atoms with E-state index in [0.717, 1.165) is 43.3 Å². The zero-order chi connectivity index (χ0) is 13.2. The zero-order valence-corrected chi connectivity index (χ0v) is 11.3. The molecule has 3 rings (SSSR count). The Bertz CT molecular complexity index is 548. The number of rotatable bonds is 4. The van der Waals surface area contributed by atoms with Crippen molar-refractivity contribution >= 4 is 0 Å². The topological polar surface area (TPSA) is 68.2 Å². The quantitative estimate of drug-likeness (QED) is 0.842. The second-order valence-electron chi connectivity index (χ2n) is 4.87. The van der Waals surface area contributed by atoms with E-state index in [-0.39, 0.29) is 6.04 Å². The summed E-state index contributed by atoms with van der Waals surface area (Å²) in [5, 5.41) is 4.03. The molecule has 1 aliphatic heterocycles. The number of nitrogens with zero attached hydrogens (tertiary/aromatic N) is 4. The molecule has 0 saturated carbocycles. The second kappa shape index (κ2) is 5.13. The van der Waals surface area contributed by atoms with Gasteiger partial charge in [0.25, 0.3) is 0 Å². The highest BCUT2D eigenvalue weighted by molar-refractivity contribution is 5.00. The van der Waals surface area contributed by atoms with Crippen LogP contribution in [0.5, 0.6) is 0 Å². The summed E-state index contributed by atoms with van der Waals surface area (Å²) in [5.41, 5.74) is 0. The molecule has 2 aromatic rings. The van der Waals surface area contributed by atoms with Crippen molar-refractivity contribution in [3.63, 3.8) is 0 Å². The Labute approximate surface area is 111 Å². The fourth-order valence-electron chi connectivity index (χ4n) is 2.52. The Morgan fingerprint density at radius 1 is 1.47 bits per heavy atom. The van der Waals surface area contributed by atoms with Crippen LogP contribution in [0, 0.1) is 6.92 Å². The molecule has 0 radical (unpaired) electrons. The average Bonchev–Trinajstić information content (AvgIpc) is 3.10. The van der Waals surface area contributed by atoms with Crippen molar-refractivity contribution in [2.24, 2.45) is 0 Å². The molecule has 0 aliphatic carbocycles. The molecule has 2 aromatic heterocycles. The second-order valence-corrected chi connectivity index (χ2v) is 4.87. The summed E-state index contributed by atoms with van der Waals surface area (Å²) in [5.74, 6) is 3.09. The molecule has 0 spiro atoms. The van der Waals surface area contributed by atoms with Gasteiger partial charge < -0.3 is 8.94 Å². The SMILES string of the molecule is CCc1cnc(CN2CCC[C@@H]2c2noc(C)n2)o1.